The predicted molar refractivity (Wildman–Crippen MR) is 121 cm³/mol. The number of nitrogens with one attached hydrogen (secondary N) is 2. The Morgan fingerprint density at radius 3 is 2.77 bits per heavy atom. The molecular formula is C23H31N5O3. The van der Waals surface area contributed by atoms with Crippen molar-refractivity contribution in [2.75, 3.05) is 13.7 Å². The van der Waals surface area contributed by atoms with Gasteiger partial charge in [-0.1, -0.05) is 18.2 Å². The lowest BCUT2D eigenvalue weighted by molar-refractivity contribution is 0.0527. The first-order chi connectivity index (χ1) is 14.8. The van der Waals surface area contributed by atoms with Crippen LogP contribution in [0.25, 0.3) is 22.2 Å². The van der Waals surface area contributed by atoms with Gasteiger partial charge in [0.05, 0.1) is 36.1 Å². The summed E-state index contributed by atoms with van der Waals surface area (Å²) >= 11 is 0. The number of pyridine rings is 1. The largest absolute Gasteiger partial charge is 0.480 e. The van der Waals surface area contributed by atoms with E-state index in [2.05, 4.69) is 20.3 Å². The molecule has 1 amide bonds. The number of rotatable bonds is 8. The Bertz CT molecular complexity index is 1030. The van der Waals surface area contributed by atoms with Gasteiger partial charge in [-0.2, -0.15) is 0 Å². The van der Waals surface area contributed by atoms with Gasteiger partial charge in [0, 0.05) is 11.9 Å². The molecule has 2 heterocycles. The fourth-order valence-corrected chi connectivity index (χ4v) is 3.24. The van der Waals surface area contributed by atoms with Gasteiger partial charge in [0.2, 0.25) is 5.88 Å². The van der Waals surface area contributed by atoms with Crippen LogP contribution in [0.1, 0.15) is 51.9 Å². The van der Waals surface area contributed by atoms with Crippen LogP contribution in [0, 0.1) is 0 Å². The van der Waals surface area contributed by atoms with Gasteiger partial charge in [-0.05, 0) is 52.2 Å². The molecule has 0 aliphatic heterocycles. The molecule has 0 saturated carbocycles. The molecule has 0 fully saturated rings. The highest BCUT2D eigenvalue weighted by atomic mass is 16.6. The summed E-state index contributed by atoms with van der Waals surface area (Å²) in [7, 11) is 1.61. The summed E-state index contributed by atoms with van der Waals surface area (Å²) in [5.41, 5.74) is 8.35. The number of unbranched alkanes of at least 4 members (excludes halogenated alkanes) is 1. The number of alkyl carbamates (subject to hydrolysis) is 1. The molecule has 8 heteroatoms. The van der Waals surface area contributed by atoms with E-state index in [1.165, 1.54) is 0 Å². The average Bonchev–Trinajstić information content (AvgIpc) is 3.21. The molecule has 0 bridgehead atoms. The van der Waals surface area contributed by atoms with E-state index in [9.17, 15) is 4.79 Å². The molecule has 2 aromatic heterocycles. The molecule has 166 valence electrons. The molecule has 3 rings (SSSR count). The van der Waals surface area contributed by atoms with E-state index in [1.807, 2.05) is 51.1 Å². The number of amides is 1. The summed E-state index contributed by atoms with van der Waals surface area (Å²) in [6.07, 6.45) is 3.77. The first-order valence-corrected chi connectivity index (χ1v) is 10.5. The molecule has 8 nitrogen and oxygen atoms in total. The van der Waals surface area contributed by atoms with Crippen LogP contribution < -0.4 is 15.8 Å². The summed E-state index contributed by atoms with van der Waals surface area (Å²) in [6, 6.07) is 9.70. The van der Waals surface area contributed by atoms with Gasteiger partial charge in [0.15, 0.2) is 0 Å². The van der Waals surface area contributed by atoms with Gasteiger partial charge >= 0.3 is 6.09 Å². The van der Waals surface area contributed by atoms with Crippen LogP contribution in [0.15, 0.2) is 36.5 Å². The van der Waals surface area contributed by atoms with Gasteiger partial charge in [-0.3, -0.25) is 0 Å². The highest BCUT2D eigenvalue weighted by Crippen LogP contribution is 2.31. The molecule has 4 N–H and O–H groups in total. The summed E-state index contributed by atoms with van der Waals surface area (Å²) in [6.45, 7) is 6.07. The molecule has 0 aliphatic rings. The first-order valence-electron chi connectivity index (χ1n) is 10.5. The number of aromatic nitrogens is 3. The quantitative estimate of drug-likeness (QED) is 0.463. The highest BCUT2D eigenvalue weighted by molar-refractivity contribution is 5.85. The second-order valence-electron chi connectivity index (χ2n) is 8.45. The number of imidazole rings is 1. The van der Waals surface area contributed by atoms with E-state index < -0.39 is 11.7 Å². The third kappa shape index (κ3) is 6.18. The van der Waals surface area contributed by atoms with Crippen LogP contribution >= 0.6 is 0 Å². The van der Waals surface area contributed by atoms with Crippen LogP contribution in [0.2, 0.25) is 0 Å². The molecule has 0 unspecified atom stereocenters. The number of ether oxygens (including phenoxy) is 2. The number of nitrogens with two attached hydrogens (primary N) is 1. The molecular weight excluding hydrogens is 394 g/mol. The van der Waals surface area contributed by atoms with E-state index in [0.29, 0.717) is 18.2 Å². The van der Waals surface area contributed by atoms with Gasteiger partial charge in [-0.15, -0.1) is 0 Å². The summed E-state index contributed by atoms with van der Waals surface area (Å²) in [4.78, 5) is 24.0. The van der Waals surface area contributed by atoms with Crippen LogP contribution in [0.5, 0.6) is 5.88 Å². The molecule has 0 spiro atoms. The number of hydrogen-bond acceptors (Lipinski definition) is 6. The SMILES string of the molecule is COc1nc2ccccc2cc1-c1cnc([C@@H](N)CCCCNC(=O)OC(C)(C)C)[nH]1. The Morgan fingerprint density at radius 1 is 1.26 bits per heavy atom. The van der Waals surface area contributed by atoms with Crippen LogP contribution in [-0.2, 0) is 4.74 Å². The topological polar surface area (TPSA) is 115 Å². The molecule has 0 radical (unpaired) electrons. The van der Waals surface area contributed by atoms with Crippen molar-refractivity contribution in [1.29, 1.82) is 0 Å². The number of aromatic amines is 1. The summed E-state index contributed by atoms with van der Waals surface area (Å²) in [5.74, 6) is 1.25. The standard InChI is InChI=1S/C23H31N5O3/c1-23(2,3)31-22(29)25-12-8-7-10-17(24)20-26-14-19(27-20)16-13-15-9-5-6-11-18(15)28-21(16)30-4/h5-6,9,11,13-14,17H,7-8,10,12,24H2,1-4H3,(H,25,29)(H,26,27)/t17-/m0/s1. The highest BCUT2D eigenvalue weighted by Gasteiger charge is 2.17. The fraction of sp³-hybridized carbons (Fsp3) is 0.435. The maximum atomic E-state index is 11.7. The molecule has 1 aromatic carbocycles. The lowest BCUT2D eigenvalue weighted by Crippen LogP contribution is -2.33. The number of methoxy groups -OCH3 is 1. The first kappa shape index (κ1) is 22.6. The molecule has 0 aliphatic carbocycles. The van der Waals surface area contributed by atoms with Crippen molar-refractivity contribution < 1.29 is 14.3 Å². The normalized spacial score (nSPS) is 12.5. The minimum Gasteiger partial charge on any atom is -0.480 e. The maximum Gasteiger partial charge on any atom is 0.407 e. The van der Waals surface area contributed by atoms with Crippen molar-refractivity contribution in [3.05, 3.63) is 42.4 Å². The monoisotopic (exact) mass is 425 g/mol. The number of carbonyl (C=O) groups excluding carboxylic acids is 1. The van der Waals surface area contributed by atoms with Crippen LogP contribution in [0.4, 0.5) is 4.79 Å². The average molecular weight is 426 g/mol. The zero-order valence-corrected chi connectivity index (χ0v) is 18.6. The van der Waals surface area contributed by atoms with Crippen molar-refractivity contribution >= 4 is 17.0 Å². The number of hydrogen-bond donors (Lipinski definition) is 3. The van der Waals surface area contributed by atoms with E-state index in [1.54, 1.807) is 13.3 Å². The Kier molecular flexibility index (Phi) is 7.12. The second kappa shape index (κ2) is 9.78. The van der Waals surface area contributed by atoms with Gasteiger partial charge in [0.25, 0.3) is 0 Å². The van der Waals surface area contributed by atoms with E-state index in [0.717, 1.165) is 41.4 Å². The third-order valence-corrected chi connectivity index (χ3v) is 4.73. The summed E-state index contributed by atoms with van der Waals surface area (Å²) < 4.78 is 10.7. The fourth-order valence-electron chi connectivity index (χ4n) is 3.24. The Labute approximate surface area is 182 Å². The van der Waals surface area contributed by atoms with Crippen molar-refractivity contribution in [2.24, 2.45) is 5.73 Å². The van der Waals surface area contributed by atoms with E-state index >= 15 is 0 Å². The van der Waals surface area contributed by atoms with Crippen molar-refractivity contribution in [3.63, 3.8) is 0 Å². The smallest absolute Gasteiger partial charge is 0.407 e. The number of nitrogens with zero attached hydrogens (tertiary/aromatic N) is 2. The van der Waals surface area contributed by atoms with Gasteiger partial charge < -0.3 is 25.5 Å². The van der Waals surface area contributed by atoms with Crippen molar-refractivity contribution in [1.82, 2.24) is 20.3 Å². The molecule has 1 atom stereocenters. The van der Waals surface area contributed by atoms with Gasteiger partial charge in [-0.25, -0.2) is 14.8 Å². The van der Waals surface area contributed by atoms with Gasteiger partial charge in [0.1, 0.15) is 11.4 Å². The van der Waals surface area contributed by atoms with Crippen molar-refractivity contribution in [2.45, 2.75) is 51.7 Å². The Morgan fingerprint density at radius 2 is 2.03 bits per heavy atom. The number of carbonyl (C=O) groups is 1. The molecule has 3 aromatic rings. The lowest BCUT2D eigenvalue weighted by Gasteiger charge is -2.19. The predicted octanol–water partition coefficient (Wildman–Crippen LogP) is 4.33. The number of H-pyrrole nitrogens is 1. The zero-order chi connectivity index (χ0) is 22.4. The molecule has 31 heavy (non-hydrogen) atoms. The third-order valence-electron chi connectivity index (χ3n) is 4.73. The summed E-state index contributed by atoms with van der Waals surface area (Å²) in [5, 5.41) is 3.78. The zero-order valence-electron chi connectivity index (χ0n) is 18.6. The van der Waals surface area contributed by atoms with Crippen LogP contribution in [0.3, 0.4) is 0 Å². The number of fused-ring (bicyclic) bond motifs is 1. The van der Waals surface area contributed by atoms with E-state index in [-0.39, 0.29) is 6.04 Å². The van der Waals surface area contributed by atoms with E-state index in [4.69, 9.17) is 15.2 Å². The molecule has 0 saturated heterocycles. The Hall–Kier alpha value is -3.13. The number of para-hydroxylation sites is 1. The van der Waals surface area contributed by atoms with Crippen molar-refractivity contribution in [3.8, 4) is 17.1 Å². The minimum absolute atomic E-state index is 0.227. The second-order valence-corrected chi connectivity index (χ2v) is 8.45. The minimum atomic E-state index is -0.493. The lowest BCUT2D eigenvalue weighted by atomic mass is 10.1. The Balaban J connectivity index is 1.56. The number of benzene rings is 1. The van der Waals surface area contributed by atoms with Crippen LogP contribution in [-0.4, -0.2) is 40.3 Å². The maximum absolute atomic E-state index is 11.7.